The maximum absolute atomic E-state index is 11.5. The molecule has 8 heteroatoms. The number of halogens is 1. The molecule has 0 spiro atoms. The van der Waals surface area contributed by atoms with Crippen molar-refractivity contribution in [2.24, 2.45) is 0 Å². The predicted octanol–water partition coefficient (Wildman–Crippen LogP) is 7.59. The van der Waals surface area contributed by atoms with E-state index in [4.69, 9.17) is 26.2 Å². The van der Waals surface area contributed by atoms with E-state index < -0.39 is 11.9 Å². The van der Waals surface area contributed by atoms with E-state index in [9.17, 15) is 14.7 Å². The van der Waals surface area contributed by atoms with Crippen LogP contribution in [-0.2, 0) is 22.6 Å². The first-order chi connectivity index (χ1) is 20.2. The van der Waals surface area contributed by atoms with Gasteiger partial charge in [0.25, 0.3) is 0 Å². The van der Waals surface area contributed by atoms with Crippen molar-refractivity contribution >= 4 is 46.6 Å². The molecule has 0 amide bonds. The Kier molecular flexibility index (Phi) is 10.5. The molecule has 218 valence electrons. The number of aliphatic carboxylic acids is 2. The van der Waals surface area contributed by atoms with Gasteiger partial charge in [-0.2, -0.15) is 0 Å². The van der Waals surface area contributed by atoms with Gasteiger partial charge < -0.3 is 24.3 Å². The summed E-state index contributed by atoms with van der Waals surface area (Å²) < 4.78 is 13.4. The number of carbonyl (C=O) groups is 2. The third-order valence-electron chi connectivity index (χ3n) is 6.75. The maximum Gasteiger partial charge on any atom is 0.323 e. The average Bonchev–Trinajstić information content (AvgIpc) is 3.28. The number of para-hydroxylation sites is 1. The van der Waals surface area contributed by atoms with Gasteiger partial charge in [-0.3, -0.25) is 9.59 Å². The fourth-order valence-corrected chi connectivity index (χ4v) is 5.22. The van der Waals surface area contributed by atoms with E-state index in [0.717, 1.165) is 50.2 Å². The summed E-state index contributed by atoms with van der Waals surface area (Å²) in [5.41, 5.74) is 5.62. The molecule has 1 aromatic heterocycles. The van der Waals surface area contributed by atoms with Crippen LogP contribution in [0.4, 0.5) is 0 Å². The lowest BCUT2D eigenvalue weighted by Gasteiger charge is -2.11. The molecule has 4 rings (SSSR count). The molecule has 0 saturated heterocycles. The van der Waals surface area contributed by atoms with E-state index >= 15 is 0 Å². The Labute approximate surface area is 250 Å². The molecule has 42 heavy (non-hydrogen) atoms. The summed E-state index contributed by atoms with van der Waals surface area (Å²) in [4.78, 5) is 22.5. The van der Waals surface area contributed by atoms with Gasteiger partial charge in [-0.05, 0) is 90.9 Å². The molecular formula is C34H34ClNO6. The number of carboxylic acids is 2. The van der Waals surface area contributed by atoms with E-state index in [1.165, 1.54) is 0 Å². The minimum absolute atomic E-state index is 0.0688. The van der Waals surface area contributed by atoms with Gasteiger partial charge in [-0.25, -0.2) is 0 Å². The van der Waals surface area contributed by atoms with Crippen LogP contribution in [0.2, 0.25) is 5.02 Å². The molecule has 4 aromatic rings. The van der Waals surface area contributed by atoms with Crippen molar-refractivity contribution < 1.29 is 29.3 Å². The van der Waals surface area contributed by atoms with Crippen LogP contribution >= 0.6 is 11.6 Å². The van der Waals surface area contributed by atoms with Crippen molar-refractivity contribution in [2.45, 2.75) is 39.7 Å². The van der Waals surface area contributed by atoms with Gasteiger partial charge in [-0.1, -0.05) is 54.1 Å². The van der Waals surface area contributed by atoms with E-state index in [0.29, 0.717) is 31.1 Å². The van der Waals surface area contributed by atoms with Crippen molar-refractivity contribution in [3.8, 4) is 11.5 Å². The zero-order chi connectivity index (χ0) is 30.1. The number of hydrogen-bond donors (Lipinski definition) is 2. The topological polar surface area (TPSA) is 98.0 Å². The minimum atomic E-state index is -0.938. The van der Waals surface area contributed by atoms with Crippen LogP contribution in [-0.4, -0.2) is 39.9 Å². The van der Waals surface area contributed by atoms with Gasteiger partial charge in [0.05, 0.1) is 5.52 Å². The zero-order valence-electron chi connectivity index (χ0n) is 23.7. The third-order valence-corrected chi connectivity index (χ3v) is 6.97. The van der Waals surface area contributed by atoms with Gasteiger partial charge in [0, 0.05) is 23.0 Å². The van der Waals surface area contributed by atoms with E-state index in [1.54, 1.807) is 4.57 Å². The van der Waals surface area contributed by atoms with Crippen LogP contribution in [0, 0.1) is 13.8 Å². The monoisotopic (exact) mass is 587 g/mol. The zero-order valence-corrected chi connectivity index (χ0v) is 24.4. The van der Waals surface area contributed by atoms with Crippen LogP contribution in [0.1, 0.15) is 40.7 Å². The Balaban J connectivity index is 1.37. The van der Waals surface area contributed by atoms with Crippen molar-refractivity contribution in [1.82, 2.24) is 4.57 Å². The quantitative estimate of drug-likeness (QED) is 0.116. The summed E-state index contributed by atoms with van der Waals surface area (Å²) in [6.45, 7) is 4.62. The summed E-state index contributed by atoms with van der Waals surface area (Å²) in [6.07, 6.45) is 10.7. The molecule has 0 atom stereocenters. The van der Waals surface area contributed by atoms with Crippen molar-refractivity contribution in [1.29, 1.82) is 0 Å². The highest BCUT2D eigenvalue weighted by Gasteiger charge is 2.13. The Bertz CT molecular complexity index is 1590. The first kappa shape index (κ1) is 30.5. The Morgan fingerprint density at radius 3 is 2.26 bits per heavy atom. The summed E-state index contributed by atoms with van der Waals surface area (Å²) in [7, 11) is 0. The highest BCUT2D eigenvalue weighted by molar-refractivity contribution is 6.30. The number of rotatable bonds is 14. The van der Waals surface area contributed by atoms with Gasteiger partial charge in [-0.15, -0.1) is 0 Å². The van der Waals surface area contributed by atoms with Crippen molar-refractivity contribution in [2.75, 3.05) is 13.2 Å². The lowest BCUT2D eigenvalue weighted by atomic mass is 10.0. The second-order valence-electron chi connectivity index (χ2n) is 10.0. The molecule has 0 aliphatic heterocycles. The summed E-state index contributed by atoms with van der Waals surface area (Å²) >= 11 is 6.08. The third kappa shape index (κ3) is 8.27. The van der Waals surface area contributed by atoms with Gasteiger partial charge >= 0.3 is 11.9 Å². The summed E-state index contributed by atoms with van der Waals surface area (Å²) in [5, 5.41) is 20.1. The number of benzene rings is 3. The number of fused-ring (bicyclic) bond motifs is 1. The molecule has 0 aliphatic carbocycles. The lowest BCUT2D eigenvalue weighted by Crippen LogP contribution is -2.07. The predicted molar refractivity (Wildman–Crippen MR) is 167 cm³/mol. The Hall–Kier alpha value is -4.49. The molecule has 2 N–H and O–H groups in total. The maximum atomic E-state index is 11.5. The molecule has 0 aliphatic rings. The summed E-state index contributed by atoms with van der Waals surface area (Å²) in [5.74, 6) is -0.195. The highest BCUT2D eigenvalue weighted by Crippen LogP contribution is 2.29. The van der Waals surface area contributed by atoms with Crippen LogP contribution in [0.15, 0.2) is 72.9 Å². The highest BCUT2D eigenvalue weighted by atomic mass is 35.5. The SMILES string of the molecule is Cc1cc(Cl)cc(C)c1OCC=CCOc1ccc(C=Cc2cccc3c(CCCC(=O)O)cn(CC(=O)O)c23)cc1. The molecule has 3 aromatic carbocycles. The Morgan fingerprint density at radius 1 is 0.905 bits per heavy atom. The molecule has 0 fully saturated rings. The van der Waals surface area contributed by atoms with E-state index in [-0.39, 0.29) is 13.0 Å². The molecule has 7 nitrogen and oxygen atoms in total. The second kappa shape index (κ2) is 14.4. The van der Waals surface area contributed by atoms with Crippen LogP contribution in [0.5, 0.6) is 11.5 Å². The molecule has 0 radical (unpaired) electrons. The first-order valence-electron chi connectivity index (χ1n) is 13.7. The second-order valence-corrected chi connectivity index (χ2v) is 10.5. The molecule has 0 saturated carbocycles. The number of nitrogens with zero attached hydrogens (tertiary/aromatic N) is 1. The molecule has 0 unspecified atom stereocenters. The van der Waals surface area contributed by atoms with Gasteiger partial charge in [0.2, 0.25) is 0 Å². The summed E-state index contributed by atoms with van der Waals surface area (Å²) in [6, 6.07) is 17.3. The smallest absolute Gasteiger partial charge is 0.323 e. The molecule has 1 heterocycles. The average molecular weight is 588 g/mol. The largest absolute Gasteiger partial charge is 0.490 e. The van der Waals surface area contributed by atoms with Crippen LogP contribution in [0.25, 0.3) is 23.1 Å². The molecular weight excluding hydrogens is 554 g/mol. The normalized spacial score (nSPS) is 11.5. The molecule has 0 bridgehead atoms. The number of aryl methyl sites for hydroxylation is 3. The lowest BCUT2D eigenvalue weighted by molar-refractivity contribution is -0.138. The van der Waals surface area contributed by atoms with Crippen LogP contribution < -0.4 is 9.47 Å². The van der Waals surface area contributed by atoms with Gasteiger partial charge in [0.1, 0.15) is 31.3 Å². The van der Waals surface area contributed by atoms with Crippen molar-refractivity contribution in [3.05, 3.63) is 106 Å². The standard InChI is InChI=1S/C34H34ClNO6/c1-23-19-28(35)20-24(2)34(23)42-18-4-3-17-41-29-15-12-25(13-16-29)11-14-26-7-5-9-30-27(8-6-10-31(37)38)21-36(33(26)30)22-32(39)40/h3-5,7,9,11-16,19-21H,6,8,10,17-18,22H2,1-2H3,(H,37,38)(H,39,40). The number of ether oxygens (including phenoxy) is 2. The van der Waals surface area contributed by atoms with Crippen molar-refractivity contribution in [3.63, 3.8) is 0 Å². The number of carboxylic acid groups (broad SMARTS) is 2. The van der Waals surface area contributed by atoms with Crippen LogP contribution in [0.3, 0.4) is 0 Å². The van der Waals surface area contributed by atoms with Gasteiger partial charge in [0.15, 0.2) is 0 Å². The first-order valence-corrected chi connectivity index (χ1v) is 14.1. The Morgan fingerprint density at radius 2 is 1.60 bits per heavy atom. The number of hydrogen-bond acceptors (Lipinski definition) is 4. The number of aromatic nitrogens is 1. The fourth-order valence-electron chi connectivity index (χ4n) is 4.90. The van der Waals surface area contributed by atoms with E-state index in [1.807, 2.05) is 98.9 Å². The fraction of sp³-hybridized carbons (Fsp3) is 0.235. The minimum Gasteiger partial charge on any atom is -0.490 e. The van der Waals surface area contributed by atoms with E-state index in [2.05, 4.69) is 0 Å².